The maximum Gasteiger partial charge on any atom is 0.248 e. The second kappa shape index (κ2) is 5.65. The van der Waals surface area contributed by atoms with Gasteiger partial charge in [0.05, 0.1) is 11.6 Å². The number of ether oxygens (including phenoxy) is 1. The van der Waals surface area contributed by atoms with Crippen LogP contribution in [0.15, 0.2) is 12.3 Å². The Bertz CT molecular complexity index is 634. The molecule has 21 heavy (non-hydrogen) atoms. The van der Waals surface area contributed by atoms with E-state index in [4.69, 9.17) is 4.74 Å². The number of carbonyl (C=O) groups is 1. The number of H-pyrrole nitrogens is 1. The molecule has 0 spiro atoms. The molecule has 0 bridgehead atoms. The number of anilines is 1. The van der Waals surface area contributed by atoms with Gasteiger partial charge in [-0.05, 0) is 12.5 Å². The van der Waals surface area contributed by atoms with Crippen LogP contribution < -0.4 is 5.32 Å². The SMILES string of the molecule is CCc1nc(NC(=O)[C@@H]2CCO[C@H]2c2ccnn2C)n[nH]1. The van der Waals surface area contributed by atoms with E-state index in [2.05, 4.69) is 25.6 Å². The molecule has 0 radical (unpaired) electrons. The molecule has 1 aliphatic heterocycles. The minimum Gasteiger partial charge on any atom is -0.371 e. The van der Waals surface area contributed by atoms with Crippen LogP contribution in [0.4, 0.5) is 5.95 Å². The summed E-state index contributed by atoms with van der Waals surface area (Å²) in [5.41, 5.74) is 0.900. The second-order valence-electron chi connectivity index (χ2n) is 5.01. The Morgan fingerprint density at radius 3 is 3.14 bits per heavy atom. The molecule has 8 heteroatoms. The summed E-state index contributed by atoms with van der Waals surface area (Å²) >= 11 is 0. The molecule has 3 heterocycles. The number of nitrogens with one attached hydrogen (secondary N) is 2. The van der Waals surface area contributed by atoms with Crippen molar-refractivity contribution in [3.8, 4) is 0 Å². The van der Waals surface area contributed by atoms with Gasteiger partial charge in [-0.2, -0.15) is 10.1 Å². The molecule has 3 rings (SSSR count). The lowest BCUT2D eigenvalue weighted by atomic mass is 9.98. The van der Waals surface area contributed by atoms with Crippen LogP contribution in [0, 0.1) is 5.92 Å². The molecule has 0 saturated carbocycles. The van der Waals surface area contributed by atoms with Gasteiger partial charge >= 0.3 is 0 Å². The highest BCUT2D eigenvalue weighted by Crippen LogP contribution is 2.34. The number of rotatable bonds is 4. The lowest BCUT2D eigenvalue weighted by Gasteiger charge is -2.17. The first-order valence-corrected chi connectivity index (χ1v) is 7.00. The number of hydrogen-bond donors (Lipinski definition) is 2. The van der Waals surface area contributed by atoms with Crippen molar-refractivity contribution in [3.63, 3.8) is 0 Å². The largest absolute Gasteiger partial charge is 0.371 e. The summed E-state index contributed by atoms with van der Waals surface area (Å²) in [4.78, 5) is 16.6. The zero-order valence-electron chi connectivity index (χ0n) is 12.0. The smallest absolute Gasteiger partial charge is 0.248 e. The van der Waals surface area contributed by atoms with E-state index >= 15 is 0 Å². The van der Waals surface area contributed by atoms with E-state index in [1.54, 1.807) is 10.9 Å². The summed E-state index contributed by atoms with van der Waals surface area (Å²) in [6.07, 6.45) is 2.84. The van der Waals surface area contributed by atoms with Gasteiger partial charge in [0.15, 0.2) is 0 Å². The van der Waals surface area contributed by atoms with E-state index in [0.29, 0.717) is 19.0 Å². The zero-order valence-corrected chi connectivity index (χ0v) is 12.0. The van der Waals surface area contributed by atoms with Gasteiger partial charge in [0.1, 0.15) is 11.9 Å². The van der Waals surface area contributed by atoms with Crippen molar-refractivity contribution in [2.45, 2.75) is 25.9 Å². The van der Waals surface area contributed by atoms with E-state index < -0.39 is 0 Å². The molecular formula is C13H18N6O2. The predicted molar refractivity (Wildman–Crippen MR) is 74.4 cm³/mol. The third kappa shape index (κ3) is 2.66. The summed E-state index contributed by atoms with van der Waals surface area (Å²) in [7, 11) is 1.84. The lowest BCUT2D eigenvalue weighted by Crippen LogP contribution is -2.26. The van der Waals surface area contributed by atoms with Gasteiger partial charge in [-0.1, -0.05) is 6.92 Å². The van der Waals surface area contributed by atoms with Crippen LogP contribution in [-0.2, 0) is 23.0 Å². The molecule has 1 aliphatic rings. The Morgan fingerprint density at radius 2 is 2.48 bits per heavy atom. The third-order valence-electron chi connectivity index (χ3n) is 3.68. The zero-order chi connectivity index (χ0) is 14.8. The molecule has 2 aromatic rings. The number of amides is 1. The molecule has 8 nitrogen and oxygen atoms in total. The average molecular weight is 290 g/mol. The molecule has 1 fully saturated rings. The van der Waals surface area contributed by atoms with Crippen LogP contribution in [0.1, 0.15) is 31.0 Å². The topological polar surface area (TPSA) is 97.7 Å². The molecule has 2 N–H and O–H groups in total. The third-order valence-corrected chi connectivity index (χ3v) is 3.68. The molecule has 0 aliphatic carbocycles. The number of nitrogens with zero attached hydrogens (tertiary/aromatic N) is 4. The highest BCUT2D eigenvalue weighted by molar-refractivity contribution is 5.91. The maximum absolute atomic E-state index is 12.4. The van der Waals surface area contributed by atoms with Crippen LogP contribution >= 0.6 is 0 Å². The van der Waals surface area contributed by atoms with E-state index in [-0.39, 0.29) is 17.9 Å². The van der Waals surface area contributed by atoms with Gasteiger partial charge in [-0.15, -0.1) is 5.10 Å². The van der Waals surface area contributed by atoms with Gasteiger partial charge in [0, 0.05) is 26.3 Å². The normalized spacial score (nSPS) is 21.6. The van der Waals surface area contributed by atoms with Crippen molar-refractivity contribution < 1.29 is 9.53 Å². The second-order valence-corrected chi connectivity index (χ2v) is 5.01. The molecule has 2 aromatic heterocycles. The predicted octanol–water partition coefficient (Wildman–Crippen LogP) is 0.817. The minimum absolute atomic E-state index is 0.125. The molecule has 0 unspecified atom stereocenters. The molecular weight excluding hydrogens is 272 g/mol. The Labute approximate surface area is 121 Å². The lowest BCUT2D eigenvalue weighted by molar-refractivity contribution is -0.121. The van der Waals surface area contributed by atoms with Crippen molar-refractivity contribution in [3.05, 3.63) is 23.8 Å². The average Bonchev–Trinajstić information content (AvgIpc) is 3.17. The van der Waals surface area contributed by atoms with Crippen LogP contribution in [-0.4, -0.2) is 37.5 Å². The molecule has 2 atom stereocenters. The van der Waals surface area contributed by atoms with E-state index in [0.717, 1.165) is 17.9 Å². The standard InChI is InChI=1S/C13H18N6O2/c1-3-10-15-13(18-17-10)16-12(20)8-5-7-21-11(8)9-4-6-14-19(9)2/h4,6,8,11H,3,5,7H2,1-2H3,(H2,15,16,17,18,20)/t8-,11-/m1/s1. The quantitative estimate of drug-likeness (QED) is 0.868. The van der Waals surface area contributed by atoms with Gasteiger partial charge in [-0.25, -0.2) is 0 Å². The highest BCUT2D eigenvalue weighted by atomic mass is 16.5. The first-order valence-electron chi connectivity index (χ1n) is 7.00. The van der Waals surface area contributed by atoms with Crippen molar-refractivity contribution in [1.29, 1.82) is 0 Å². The molecule has 112 valence electrons. The number of hydrogen-bond acceptors (Lipinski definition) is 5. The van der Waals surface area contributed by atoms with Crippen molar-refractivity contribution in [2.24, 2.45) is 13.0 Å². The summed E-state index contributed by atoms with van der Waals surface area (Å²) in [5.74, 6) is 0.674. The number of aromatic amines is 1. The van der Waals surface area contributed by atoms with E-state index in [1.165, 1.54) is 0 Å². The number of aryl methyl sites for hydroxylation is 2. The van der Waals surface area contributed by atoms with E-state index in [9.17, 15) is 4.79 Å². The first kappa shape index (κ1) is 13.7. The maximum atomic E-state index is 12.4. The Morgan fingerprint density at radius 1 is 1.62 bits per heavy atom. The summed E-state index contributed by atoms with van der Waals surface area (Å²) in [6.45, 7) is 2.53. The minimum atomic E-state index is -0.276. The fourth-order valence-corrected chi connectivity index (χ4v) is 2.53. The highest BCUT2D eigenvalue weighted by Gasteiger charge is 2.37. The fraction of sp³-hybridized carbons (Fsp3) is 0.538. The molecule has 1 amide bonds. The summed E-state index contributed by atoms with van der Waals surface area (Å²) in [6, 6.07) is 1.87. The monoisotopic (exact) mass is 290 g/mol. The molecule has 0 aromatic carbocycles. The summed E-state index contributed by atoms with van der Waals surface area (Å²) < 4.78 is 7.44. The summed E-state index contributed by atoms with van der Waals surface area (Å²) in [5, 5.41) is 13.6. The van der Waals surface area contributed by atoms with Crippen LogP contribution in [0.5, 0.6) is 0 Å². The fourth-order valence-electron chi connectivity index (χ4n) is 2.53. The van der Waals surface area contributed by atoms with Gasteiger partial charge in [0.25, 0.3) is 0 Å². The Hall–Kier alpha value is -2.22. The van der Waals surface area contributed by atoms with Crippen molar-refractivity contribution in [2.75, 3.05) is 11.9 Å². The van der Waals surface area contributed by atoms with Crippen LogP contribution in [0.3, 0.4) is 0 Å². The number of aromatic nitrogens is 5. The van der Waals surface area contributed by atoms with Gasteiger partial charge in [-0.3, -0.25) is 19.9 Å². The first-order chi connectivity index (χ1) is 10.2. The van der Waals surface area contributed by atoms with Gasteiger partial charge < -0.3 is 4.74 Å². The van der Waals surface area contributed by atoms with Crippen LogP contribution in [0.25, 0.3) is 0 Å². The number of carbonyl (C=O) groups excluding carboxylic acids is 1. The van der Waals surface area contributed by atoms with Crippen molar-refractivity contribution >= 4 is 11.9 Å². The Kier molecular flexibility index (Phi) is 3.70. The van der Waals surface area contributed by atoms with E-state index in [1.807, 2.05) is 20.0 Å². The van der Waals surface area contributed by atoms with Crippen LogP contribution in [0.2, 0.25) is 0 Å². The Balaban J connectivity index is 1.73. The molecule has 1 saturated heterocycles. The van der Waals surface area contributed by atoms with Gasteiger partial charge in [0.2, 0.25) is 11.9 Å². The van der Waals surface area contributed by atoms with Crippen molar-refractivity contribution in [1.82, 2.24) is 25.0 Å².